The molecule has 1 heterocycles. The molecule has 1 aliphatic rings. The zero-order chi connectivity index (χ0) is 26.1. The van der Waals surface area contributed by atoms with Crippen LogP contribution in [0.5, 0.6) is 5.75 Å². The topological polar surface area (TPSA) is 70.1 Å². The first-order valence-electron chi connectivity index (χ1n) is 12.0. The number of rotatable bonds is 6. The van der Waals surface area contributed by atoms with E-state index in [0.29, 0.717) is 17.0 Å². The molecule has 1 saturated heterocycles. The summed E-state index contributed by atoms with van der Waals surface area (Å²) in [5.41, 5.74) is 4.63. The summed E-state index contributed by atoms with van der Waals surface area (Å²) in [6.07, 6.45) is 0.00779. The van der Waals surface area contributed by atoms with Crippen molar-refractivity contribution in [2.24, 2.45) is 0 Å². The van der Waals surface area contributed by atoms with Crippen LogP contribution < -0.4 is 14.5 Å². The second-order valence-corrected chi connectivity index (χ2v) is 9.58. The summed E-state index contributed by atoms with van der Waals surface area (Å²) in [4.78, 5) is 30.3. The summed E-state index contributed by atoms with van der Waals surface area (Å²) >= 11 is 0. The minimum Gasteiger partial charge on any atom is -0.507 e. The molecular formula is C30H32N2O4. The third-order valence-electron chi connectivity index (χ3n) is 6.38. The van der Waals surface area contributed by atoms with E-state index < -0.39 is 17.7 Å². The van der Waals surface area contributed by atoms with Crippen molar-refractivity contribution in [2.75, 3.05) is 23.9 Å². The number of ether oxygens (including phenoxy) is 1. The normalized spacial score (nSPS) is 17.1. The number of benzene rings is 3. The maximum Gasteiger partial charge on any atom is 0.300 e. The molecule has 36 heavy (non-hydrogen) atoms. The third-order valence-corrected chi connectivity index (χ3v) is 6.38. The number of amides is 1. The molecule has 0 spiro atoms. The molecule has 0 aliphatic carbocycles. The highest BCUT2D eigenvalue weighted by Crippen LogP contribution is 2.43. The number of aryl methyl sites for hydroxylation is 2. The fourth-order valence-corrected chi connectivity index (χ4v) is 4.54. The SMILES string of the molecule is Cc1cc(/C(O)=C2\C(=O)C(=O)N(c3ccc(N(C)C)cc3)C2c2ccccc2C)ccc1OC(C)C. The Morgan fingerprint density at radius 2 is 1.61 bits per heavy atom. The van der Waals surface area contributed by atoms with Crippen molar-refractivity contribution in [3.05, 3.63) is 94.6 Å². The maximum absolute atomic E-state index is 13.4. The Kier molecular flexibility index (Phi) is 6.88. The first-order chi connectivity index (χ1) is 17.1. The molecule has 3 aromatic rings. The molecule has 1 atom stereocenters. The number of hydrogen-bond acceptors (Lipinski definition) is 5. The van der Waals surface area contributed by atoms with Gasteiger partial charge in [0.25, 0.3) is 11.7 Å². The van der Waals surface area contributed by atoms with Crippen LogP contribution in [0.4, 0.5) is 11.4 Å². The Labute approximate surface area is 212 Å². The fraction of sp³-hybridized carbons (Fsp3) is 0.267. The fourth-order valence-electron chi connectivity index (χ4n) is 4.54. The van der Waals surface area contributed by atoms with Gasteiger partial charge in [0.2, 0.25) is 0 Å². The first kappa shape index (κ1) is 25.0. The molecule has 1 fully saturated rings. The van der Waals surface area contributed by atoms with Gasteiger partial charge in [0, 0.05) is 31.0 Å². The van der Waals surface area contributed by atoms with Crippen molar-refractivity contribution in [1.82, 2.24) is 0 Å². The number of anilines is 2. The average molecular weight is 485 g/mol. The van der Waals surface area contributed by atoms with E-state index in [-0.39, 0.29) is 17.4 Å². The summed E-state index contributed by atoms with van der Waals surface area (Å²) in [6.45, 7) is 7.72. The molecule has 6 heteroatoms. The van der Waals surface area contributed by atoms with Gasteiger partial charge >= 0.3 is 0 Å². The predicted octanol–water partition coefficient (Wildman–Crippen LogP) is 5.78. The molecular weight excluding hydrogens is 452 g/mol. The van der Waals surface area contributed by atoms with Crippen LogP contribution in [0.1, 0.15) is 42.1 Å². The lowest BCUT2D eigenvalue weighted by atomic mass is 9.92. The third kappa shape index (κ3) is 4.59. The summed E-state index contributed by atoms with van der Waals surface area (Å²) in [5.74, 6) is -0.872. The number of carbonyl (C=O) groups is 2. The summed E-state index contributed by atoms with van der Waals surface area (Å²) < 4.78 is 5.82. The van der Waals surface area contributed by atoms with Gasteiger partial charge < -0.3 is 14.7 Å². The number of Topliss-reactive ketones (excluding diaryl/α,β-unsaturated/α-hetero) is 1. The van der Waals surface area contributed by atoms with Crippen LogP contribution >= 0.6 is 0 Å². The van der Waals surface area contributed by atoms with Gasteiger partial charge in [0.1, 0.15) is 11.5 Å². The standard InChI is InChI=1S/C30H32N2O4/c1-18(2)36-25-16-11-21(17-20(25)4)28(33)26-27(24-10-8-7-9-19(24)3)32(30(35)29(26)34)23-14-12-22(13-15-23)31(5)6/h7-18,27,33H,1-6H3/b28-26+. The monoisotopic (exact) mass is 484 g/mol. The van der Waals surface area contributed by atoms with E-state index in [1.165, 1.54) is 4.90 Å². The molecule has 1 aliphatic heterocycles. The summed E-state index contributed by atoms with van der Waals surface area (Å²) in [7, 11) is 3.88. The van der Waals surface area contributed by atoms with Crippen LogP contribution in [0.2, 0.25) is 0 Å². The van der Waals surface area contributed by atoms with E-state index in [0.717, 1.165) is 22.4 Å². The summed E-state index contributed by atoms with van der Waals surface area (Å²) in [6, 6.07) is 19.6. The Morgan fingerprint density at radius 1 is 0.944 bits per heavy atom. The molecule has 4 rings (SSSR count). The van der Waals surface area contributed by atoms with Gasteiger partial charge in [-0.1, -0.05) is 24.3 Å². The number of hydrogen-bond donors (Lipinski definition) is 1. The van der Waals surface area contributed by atoms with E-state index in [1.807, 2.05) is 95.2 Å². The smallest absolute Gasteiger partial charge is 0.300 e. The van der Waals surface area contributed by atoms with Gasteiger partial charge in [-0.05, 0) is 86.8 Å². The van der Waals surface area contributed by atoms with E-state index in [1.54, 1.807) is 18.2 Å². The molecule has 0 saturated carbocycles. The molecule has 0 aromatic heterocycles. The molecule has 6 nitrogen and oxygen atoms in total. The van der Waals surface area contributed by atoms with Crippen molar-refractivity contribution in [2.45, 2.75) is 39.8 Å². The highest BCUT2D eigenvalue weighted by Gasteiger charge is 2.47. The number of ketones is 1. The zero-order valence-corrected chi connectivity index (χ0v) is 21.6. The molecule has 1 amide bonds. The molecule has 0 radical (unpaired) electrons. The van der Waals surface area contributed by atoms with Crippen LogP contribution in [-0.4, -0.2) is 37.0 Å². The van der Waals surface area contributed by atoms with Crippen LogP contribution in [0, 0.1) is 13.8 Å². The number of aliphatic hydroxyl groups is 1. The molecule has 186 valence electrons. The lowest BCUT2D eigenvalue weighted by Gasteiger charge is -2.27. The number of aliphatic hydroxyl groups excluding tert-OH is 1. The van der Waals surface area contributed by atoms with Gasteiger partial charge in [0.05, 0.1) is 17.7 Å². The van der Waals surface area contributed by atoms with E-state index >= 15 is 0 Å². The van der Waals surface area contributed by atoms with Crippen molar-refractivity contribution in [3.8, 4) is 5.75 Å². The van der Waals surface area contributed by atoms with Crippen LogP contribution in [-0.2, 0) is 9.59 Å². The van der Waals surface area contributed by atoms with E-state index in [2.05, 4.69) is 0 Å². The van der Waals surface area contributed by atoms with Crippen LogP contribution in [0.15, 0.2) is 72.3 Å². The molecule has 1 N–H and O–H groups in total. The first-order valence-corrected chi connectivity index (χ1v) is 12.0. The largest absolute Gasteiger partial charge is 0.507 e. The molecule has 1 unspecified atom stereocenters. The number of nitrogens with zero attached hydrogens (tertiary/aromatic N) is 2. The maximum atomic E-state index is 13.4. The van der Waals surface area contributed by atoms with Crippen molar-refractivity contribution in [3.63, 3.8) is 0 Å². The van der Waals surface area contributed by atoms with E-state index in [4.69, 9.17) is 4.74 Å². The van der Waals surface area contributed by atoms with Gasteiger partial charge in [-0.2, -0.15) is 0 Å². The zero-order valence-electron chi connectivity index (χ0n) is 21.6. The predicted molar refractivity (Wildman–Crippen MR) is 144 cm³/mol. The van der Waals surface area contributed by atoms with Gasteiger partial charge in [-0.25, -0.2) is 0 Å². The Hall–Kier alpha value is -4.06. The Balaban J connectivity index is 1.89. The highest BCUT2D eigenvalue weighted by atomic mass is 16.5. The van der Waals surface area contributed by atoms with Crippen molar-refractivity contribution in [1.29, 1.82) is 0 Å². The van der Waals surface area contributed by atoms with Crippen molar-refractivity contribution >= 4 is 28.8 Å². The minimum absolute atomic E-state index is 0.00779. The summed E-state index contributed by atoms with van der Waals surface area (Å²) in [5, 5.41) is 11.4. The average Bonchev–Trinajstić information content (AvgIpc) is 3.10. The molecule has 0 bridgehead atoms. The Bertz CT molecular complexity index is 1340. The van der Waals surface area contributed by atoms with Crippen LogP contribution in [0.25, 0.3) is 5.76 Å². The highest BCUT2D eigenvalue weighted by molar-refractivity contribution is 6.51. The van der Waals surface area contributed by atoms with Gasteiger partial charge in [-0.3, -0.25) is 14.5 Å². The van der Waals surface area contributed by atoms with Crippen LogP contribution in [0.3, 0.4) is 0 Å². The van der Waals surface area contributed by atoms with E-state index in [9.17, 15) is 14.7 Å². The second-order valence-electron chi connectivity index (χ2n) is 9.58. The van der Waals surface area contributed by atoms with Gasteiger partial charge in [-0.15, -0.1) is 0 Å². The number of carbonyl (C=O) groups excluding carboxylic acids is 2. The lowest BCUT2D eigenvalue weighted by molar-refractivity contribution is -0.132. The Morgan fingerprint density at radius 3 is 2.19 bits per heavy atom. The van der Waals surface area contributed by atoms with Crippen molar-refractivity contribution < 1.29 is 19.4 Å². The quantitative estimate of drug-likeness (QED) is 0.273. The van der Waals surface area contributed by atoms with Gasteiger partial charge in [0.15, 0.2) is 0 Å². The minimum atomic E-state index is -0.761. The molecule has 3 aromatic carbocycles. The second kappa shape index (κ2) is 9.90. The lowest BCUT2D eigenvalue weighted by Crippen LogP contribution is -2.29.